The van der Waals surface area contributed by atoms with E-state index in [1.54, 1.807) is 12.4 Å². The molecule has 0 saturated heterocycles. The van der Waals surface area contributed by atoms with Crippen LogP contribution in [0.15, 0.2) is 90.3 Å². The van der Waals surface area contributed by atoms with E-state index in [1.165, 1.54) is 23.2 Å². The molecule has 0 aliphatic carbocycles. The first-order valence-electron chi connectivity index (χ1n) is 16.3. The Morgan fingerprint density at radius 1 is 0.906 bits per heavy atom. The number of pyridine rings is 1. The Morgan fingerprint density at radius 2 is 1.68 bits per heavy atom. The molecule has 2 aliphatic rings. The molecule has 4 heterocycles. The number of aliphatic imine (C=N–C) groups is 1. The van der Waals surface area contributed by atoms with Crippen molar-refractivity contribution >= 4 is 28.5 Å². The molecule has 0 saturated carbocycles. The van der Waals surface area contributed by atoms with Gasteiger partial charge in [0.1, 0.15) is 5.82 Å². The third kappa shape index (κ3) is 7.00. The second-order valence-electron chi connectivity index (χ2n) is 12.8. The molecule has 1 atom stereocenters. The van der Waals surface area contributed by atoms with Gasteiger partial charge in [0.2, 0.25) is 0 Å². The van der Waals surface area contributed by atoms with Gasteiger partial charge in [-0.05, 0) is 65.8 Å². The van der Waals surface area contributed by atoms with E-state index in [1.807, 2.05) is 24.3 Å². The monoisotopic (exact) mass is 735 g/mol. The van der Waals surface area contributed by atoms with E-state index in [4.69, 9.17) is 5.73 Å². The second-order valence-corrected chi connectivity index (χ2v) is 12.8. The van der Waals surface area contributed by atoms with E-state index in [0.717, 1.165) is 46.0 Å². The van der Waals surface area contributed by atoms with Crippen molar-refractivity contribution in [1.82, 2.24) is 24.8 Å². The van der Waals surface area contributed by atoms with Crippen LogP contribution in [0.3, 0.4) is 0 Å². The minimum absolute atomic E-state index is 0.0539. The van der Waals surface area contributed by atoms with E-state index >= 15 is 0 Å². The lowest BCUT2D eigenvalue weighted by molar-refractivity contribution is -0.139. The summed E-state index contributed by atoms with van der Waals surface area (Å²) < 4.78 is 95.8. The second kappa shape index (κ2) is 13.2. The van der Waals surface area contributed by atoms with Crippen LogP contribution in [0, 0.1) is 5.82 Å². The molecule has 0 unspecified atom stereocenters. The zero-order chi connectivity index (χ0) is 37.7. The van der Waals surface area contributed by atoms with E-state index < -0.39 is 78.4 Å². The van der Waals surface area contributed by atoms with Gasteiger partial charge in [0.25, 0.3) is 11.8 Å². The fourth-order valence-corrected chi connectivity index (χ4v) is 6.67. The summed E-state index contributed by atoms with van der Waals surface area (Å²) in [5.74, 6) is -2.47. The van der Waals surface area contributed by atoms with Gasteiger partial charge in [-0.25, -0.2) is 19.4 Å². The fraction of sp³-hybridized carbons (Fsp3) is 0.243. The first-order chi connectivity index (χ1) is 25.1. The maximum atomic E-state index is 14.3. The third-order valence-electron chi connectivity index (χ3n) is 9.30. The topological polar surface area (TPSA) is 118 Å². The number of fused-ring (bicyclic) bond motifs is 2. The summed E-state index contributed by atoms with van der Waals surface area (Å²) in [5.41, 5.74) is 4.21. The molecule has 2 amide bonds. The van der Waals surface area contributed by atoms with Crippen molar-refractivity contribution in [2.75, 3.05) is 0 Å². The van der Waals surface area contributed by atoms with Gasteiger partial charge >= 0.3 is 12.4 Å². The summed E-state index contributed by atoms with van der Waals surface area (Å²) in [4.78, 5) is 47.3. The van der Waals surface area contributed by atoms with Gasteiger partial charge in [-0.2, -0.15) is 26.3 Å². The number of nitrogens with two attached hydrogens (primary N) is 1. The quantitative estimate of drug-likeness (QED) is 0.167. The molecular formula is C37H28F7N7O2. The van der Waals surface area contributed by atoms with Gasteiger partial charge in [-0.3, -0.25) is 19.5 Å². The number of aromatic nitrogens is 3. The summed E-state index contributed by atoms with van der Waals surface area (Å²) in [6, 6.07) is 14.7. The summed E-state index contributed by atoms with van der Waals surface area (Å²) in [5, 5.41) is 1.82. The minimum Gasteiger partial charge on any atom is -0.369 e. The van der Waals surface area contributed by atoms with Crippen molar-refractivity contribution in [2.24, 2.45) is 10.7 Å². The lowest BCUT2D eigenvalue weighted by atomic mass is 9.84. The average molecular weight is 736 g/mol. The van der Waals surface area contributed by atoms with Gasteiger partial charge in [-0.15, -0.1) is 0 Å². The maximum absolute atomic E-state index is 14.3. The zero-order valence-electron chi connectivity index (χ0n) is 27.5. The SMILES string of the molecule is NC1=N[C@](CCCC(F)(F)F)(c2ccc(F)cc2)C(=O)N1Cc1ccc(C(F)(F)F)c(C(=O)N2Cc3cnc(-c4ccc5cnccc5c4)nc3C2)c1. The maximum Gasteiger partial charge on any atom is 0.417 e. The molecule has 0 spiro atoms. The molecule has 0 fully saturated rings. The summed E-state index contributed by atoms with van der Waals surface area (Å²) in [6.45, 7) is -0.599. The van der Waals surface area contributed by atoms with Gasteiger partial charge < -0.3 is 10.6 Å². The molecule has 5 aromatic rings. The van der Waals surface area contributed by atoms with Crippen molar-refractivity contribution in [2.45, 2.75) is 56.8 Å². The van der Waals surface area contributed by atoms with Gasteiger partial charge in [-0.1, -0.05) is 30.3 Å². The lowest BCUT2D eigenvalue weighted by Crippen LogP contribution is -2.42. The highest BCUT2D eigenvalue weighted by atomic mass is 19.4. The van der Waals surface area contributed by atoms with Crippen LogP contribution in [-0.2, 0) is 36.1 Å². The fourth-order valence-electron chi connectivity index (χ4n) is 6.67. The van der Waals surface area contributed by atoms with Crippen LogP contribution in [0.5, 0.6) is 0 Å². The van der Waals surface area contributed by atoms with Crippen molar-refractivity contribution < 1.29 is 40.3 Å². The number of amides is 2. The number of rotatable bonds is 8. The molecule has 0 bridgehead atoms. The van der Waals surface area contributed by atoms with E-state index in [-0.39, 0.29) is 24.2 Å². The number of nitrogens with zero attached hydrogens (tertiary/aromatic N) is 6. The first-order valence-corrected chi connectivity index (χ1v) is 16.3. The van der Waals surface area contributed by atoms with Crippen LogP contribution in [0.2, 0.25) is 0 Å². The van der Waals surface area contributed by atoms with Crippen molar-refractivity contribution in [3.8, 4) is 11.4 Å². The Morgan fingerprint density at radius 3 is 2.42 bits per heavy atom. The Balaban J connectivity index is 1.15. The number of benzene rings is 3. The number of halogens is 7. The molecule has 272 valence electrons. The number of alkyl halides is 6. The highest BCUT2D eigenvalue weighted by Gasteiger charge is 2.49. The molecule has 3 aromatic carbocycles. The van der Waals surface area contributed by atoms with Gasteiger partial charge in [0.05, 0.1) is 29.9 Å². The van der Waals surface area contributed by atoms with Crippen LogP contribution in [-0.4, -0.2) is 48.7 Å². The van der Waals surface area contributed by atoms with Gasteiger partial charge in [0, 0.05) is 48.1 Å². The highest BCUT2D eigenvalue weighted by Crippen LogP contribution is 2.41. The van der Waals surface area contributed by atoms with Crippen LogP contribution < -0.4 is 5.73 Å². The van der Waals surface area contributed by atoms with Crippen molar-refractivity contribution in [1.29, 1.82) is 0 Å². The molecule has 9 nitrogen and oxygen atoms in total. The largest absolute Gasteiger partial charge is 0.417 e. The number of hydrogen-bond acceptors (Lipinski definition) is 7. The number of hydrogen-bond donors (Lipinski definition) is 1. The normalized spacial score (nSPS) is 17.4. The number of carbonyl (C=O) groups is 2. The summed E-state index contributed by atoms with van der Waals surface area (Å²) in [6.07, 6.45) is -6.71. The van der Waals surface area contributed by atoms with E-state index in [9.17, 15) is 40.3 Å². The molecule has 0 radical (unpaired) electrons. The number of guanidine groups is 1. The van der Waals surface area contributed by atoms with Crippen LogP contribution >= 0.6 is 0 Å². The Labute approximate surface area is 297 Å². The third-order valence-corrected chi connectivity index (χ3v) is 9.30. The highest BCUT2D eigenvalue weighted by molar-refractivity contribution is 6.07. The molecule has 53 heavy (non-hydrogen) atoms. The molecular weight excluding hydrogens is 707 g/mol. The van der Waals surface area contributed by atoms with Crippen LogP contribution in [0.25, 0.3) is 22.2 Å². The standard InChI is InChI=1S/C37H28F7N7O2/c38-27-7-5-26(6-8-27)35(11-1-12-36(39,40)41)33(53)51(34(45)49-35)18-21-2-9-29(37(42,43)44)28(14-21)32(52)50-19-25-17-47-31(48-30(25)20-50)23-3-4-24-16-46-13-10-22(24)15-23/h2-10,13-17H,1,11-12,18-20H2,(H2,45,49)/t35-/m1/s1. The first kappa shape index (κ1) is 35.5. The summed E-state index contributed by atoms with van der Waals surface area (Å²) in [7, 11) is 0. The van der Waals surface area contributed by atoms with Crippen LogP contribution in [0.1, 0.15) is 57.6 Å². The predicted molar refractivity (Wildman–Crippen MR) is 178 cm³/mol. The molecule has 2 aromatic heterocycles. The van der Waals surface area contributed by atoms with E-state index in [2.05, 4.69) is 19.9 Å². The zero-order valence-corrected chi connectivity index (χ0v) is 27.5. The number of carbonyl (C=O) groups excluding carboxylic acids is 2. The minimum atomic E-state index is -4.92. The Hall–Kier alpha value is -5.93. The Kier molecular flexibility index (Phi) is 8.86. The van der Waals surface area contributed by atoms with Gasteiger partial charge in [0.15, 0.2) is 17.3 Å². The molecule has 2 N–H and O–H groups in total. The predicted octanol–water partition coefficient (Wildman–Crippen LogP) is 7.29. The van der Waals surface area contributed by atoms with Crippen molar-refractivity contribution in [3.05, 3.63) is 125 Å². The smallest absolute Gasteiger partial charge is 0.369 e. The molecule has 16 heteroatoms. The Bertz CT molecular complexity index is 2280. The van der Waals surface area contributed by atoms with E-state index in [0.29, 0.717) is 22.6 Å². The molecule has 2 aliphatic heterocycles. The average Bonchev–Trinajstić information content (AvgIpc) is 3.65. The van der Waals surface area contributed by atoms with Crippen LogP contribution in [0.4, 0.5) is 30.7 Å². The van der Waals surface area contributed by atoms with Crippen molar-refractivity contribution in [3.63, 3.8) is 0 Å². The lowest BCUT2D eigenvalue weighted by Gasteiger charge is -2.27. The summed E-state index contributed by atoms with van der Waals surface area (Å²) >= 11 is 0. The molecule has 7 rings (SSSR count).